The maximum atomic E-state index is 13.6. The molecule has 1 atom stereocenters. The Hall–Kier alpha value is -1.26. The van der Waals surface area contributed by atoms with Crippen LogP contribution in [0.25, 0.3) is 0 Å². The van der Waals surface area contributed by atoms with Crippen LogP contribution in [0.3, 0.4) is 0 Å². The lowest BCUT2D eigenvalue weighted by Crippen LogP contribution is -2.14. The van der Waals surface area contributed by atoms with Gasteiger partial charge in [0, 0.05) is 22.9 Å². The third-order valence-corrected chi connectivity index (χ3v) is 3.06. The van der Waals surface area contributed by atoms with Crippen LogP contribution in [0.5, 0.6) is 0 Å². The van der Waals surface area contributed by atoms with E-state index in [2.05, 4.69) is 20.9 Å². The van der Waals surface area contributed by atoms with Gasteiger partial charge in [-0.2, -0.15) is 0 Å². The number of aromatic nitrogens is 1. The molecule has 2 rings (SSSR count). The molecule has 2 N–H and O–H groups in total. The predicted octanol–water partition coefficient (Wildman–Crippen LogP) is 3.23. The summed E-state index contributed by atoms with van der Waals surface area (Å²) in [6, 6.07) is 8.50. The lowest BCUT2D eigenvalue weighted by molar-refractivity contribution is 0.592. The summed E-state index contributed by atoms with van der Waals surface area (Å²) >= 11 is 3.23. The summed E-state index contributed by atoms with van der Waals surface area (Å²) in [7, 11) is 0. The number of pyridine rings is 1. The number of rotatable bonds is 3. The van der Waals surface area contributed by atoms with Crippen molar-refractivity contribution >= 4 is 15.9 Å². The lowest BCUT2D eigenvalue weighted by Gasteiger charge is -2.12. The van der Waals surface area contributed by atoms with E-state index in [9.17, 15) is 4.39 Å². The molecule has 0 saturated carbocycles. The van der Waals surface area contributed by atoms with E-state index in [1.54, 1.807) is 18.5 Å². The Morgan fingerprint density at radius 3 is 2.82 bits per heavy atom. The molecule has 1 heterocycles. The molecule has 0 fully saturated rings. The van der Waals surface area contributed by atoms with Gasteiger partial charge in [-0.05, 0) is 35.7 Å². The van der Waals surface area contributed by atoms with Crippen molar-refractivity contribution in [1.82, 2.24) is 4.98 Å². The molecule has 0 bridgehead atoms. The molecule has 0 spiro atoms. The van der Waals surface area contributed by atoms with E-state index in [0.29, 0.717) is 12.0 Å². The summed E-state index contributed by atoms with van der Waals surface area (Å²) in [6.45, 7) is 0. The fourth-order valence-corrected chi connectivity index (χ4v) is 1.97. The van der Waals surface area contributed by atoms with Gasteiger partial charge in [0.2, 0.25) is 0 Å². The highest BCUT2D eigenvalue weighted by Crippen LogP contribution is 2.20. The van der Waals surface area contributed by atoms with Gasteiger partial charge in [0.25, 0.3) is 0 Å². The van der Waals surface area contributed by atoms with E-state index < -0.39 is 0 Å². The molecule has 0 saturated heterocycles. The fourth-order valence-electron chi connectivity index (χ4n) is 1.64. The highest BCUT2D eigenvalue weighted by Gasteiger charge is 2.10. The van der Waals surface area contributed by atoms with E-state index in [-0.39, 0.29) is 11.9 Å². The minimum absolute atomic E-state index is 0.237. The van der Waals surface area contributed by atoms with E-state index in [1.165, 1.54) is 6.07 Å². The first-order valence-electron chi connectivity index (χ1n) is 5.26. The number of halogens is 2. The zero-order valence-electron chi connectivity index (χ0n) is 9.11. The van der Waals surface area contributed by atoms with Gasteiger partial charge < -0.3 is 5.73 Å². The molecule has 1 aromatic heterocycles. The molecule has 2 aromatic rings. The van der Waals surface area contributed by atoms with Crippen LogP contribution in [-0.4, -0.2) is 4.98 Å². The third kappa shape index (κ3) is 3.11. The van der Waals surface area contributed by atoms with Crippen molar-refractivity contribution < 1.29 is 4.39 Å². The van der Waals surface area contributed by atoms with Crippen LogP contribution in [-0.2, 0) is 6.42 Å². The Balaban J connectivity index is 2.16. The molecule has 2 nitrogen and oxygen atoms in total. The van der Waals surface area contributed by atoms with Crippen LogP contribution < -0.4 is 5.73 Å². The van der Waals surface area contributed by atoms with Gasteiger partial charge in [0.1, 0.15) is 5.82 Å². The number of hydrogen-bond donors (Lipinski definition) is 1. The van der Waals surface area contributed by atoms with Crippen molar-refractivity contribution in [2.45, 2.75) is 12.5 Å². The van der Waals surface area contributed by atoms with Gasteiger partial charge in [0.05, 0.1) is 0 Å². The van der Waals surface area contributed by atoms with Crippen LogP contribution in [0.1, 0.15) is 17.2 Å². The monoisotopic (exact) mass is 294 g/mol. The van der Waals surface area contributed by atoms with E-state index in [4.69, 9.17) is 5.73 Å². The minimum atomic E-state index is -0.237. The minimum Gasteiger partial charge on any atom is -0.324 e. The number of nitrogens with two attached hydrogens (primary N) is 1. The largest absolute Gasteiger partial charge is 0.324 e. The van der Waals surface area contributed by atoms with Crippen molar-refractivity contribution in [2.24, 2.45) is 5.73 Å². The average Bonchev–Trinajstić information content (AvgIpc) is 2.34. The molecule has 1 unspecified atom stereocenters. The lowest BCUT2D eigenvalue weighted by atomic mass is 10.0. The highest BCUT2D eigenvalue weighted by atomic mass is 79.9. The second kappa shape index (κ2) is 5.38. The third-order valence-electron chi connectivity index (χ3n) is 2.57. The van der Waals surface area contributed by atoms with Crippen LogP contribution in [0, 0.1) is 5.82 Å². The molecule has 4 heteroatoms. The van der Waals surface area contributed by atoms with E-state index in [1.807, 2.05) is 18.2 Å². The van der Waals surface area contributed by atoms with Crippen LogP contribution in [0.4, 0.5) is 4.39 Å². The molecule has 0 aliphatic rings. The Kier molecular flexibility index (Phi) is 3.86. The summed E-state index contributed by atoms with van der Waals surface area (Å²) in [5.41, 5.74) is 7.54. The molecule has 88 valence electrons. The number of benzene rings is 1. The first-order valence-corrected chi connectivity index (χ1v) is 6.05. The quantitative estimate of drug-likeness (QED) is 0.944. The zero-order chi connectivity index (χ0) is 12.3. The Morgan fingerprint density at radius 2 is 2.18 bits per heavy atom. The molecule has 0 radical (unpaired) electrons. The predicted molar refractivity (Wildman–Crippen MR) is 69.0 cm³/mol. The van der Waals surface area contributed by atoms with Crippen LogP contribution in [0.2, 0.25) is 0 Å². The Bertz CT molecular complexity index is 502. The summed E-state index contributed by atoms with van der Waals surface area (Å²) < 4.78 is 14.4. The highest BCUT2D eigenvalue weighted by molar-refractivity contribution is 9.10. The van der Waals surface area contributed by atoms with Crippen molar-refractivity contribution in [3.8, 4) is 0 Å². The van der Waals surface area contributed by atoms with Gasteiger partial charge in [0.15, 0.2) is 0 Å². The zero-order valence-corrected chi connectivity index (χ0v) is 10.7. The second-order valence-electron chi connectivity index (χ2n) is 3.83. The molecular formula is C13H12BrFN2. The normalized spacial score (nSPS) is 12.4. The van der Waals surface area contributed by atoms with Gasteiger partial charge in [-0.1, -0.05) is 28.1 Å². The standard InChI is InChI=1S/C13H12BrFN2/c14-11-4-3-9(12(15)7-11)6-13(16)10-2-1-5-17-8-10/h1-5,7-8,13H,6,16H2. The summed E-state index contributed by atoms with van der Waals surface area (Å²) in [4.78, 5) is 4.00. The molecule has 0 aliphatic carbocycles. The van der Waals surface area contributed by atoms with E-state index in [0.717, 1.165) is 10.0 Å². The molecule has 1 aromatic carbocycles. The average molecular weight is 295 g/mol. The van der Waals surface area contributed by atoms with Crippen molar-refractivity contribution in [1.29, 1.82) is 0 Å². The first kappa shape index (κ1) is 12.2. The van der Waals surface area contributed by atoms with Gasteiger partial charge >= 0.3 is 0 Å². The van der Waals surface area contributed by atoms with Crippen molar-refractivity contribution in [3.63, 3.8) is 0 Å². The number of hydrogen-bond acceptors (Lipinski definition) is 2. The van der Waals surface area contributed by atoms with E-state index >= 15 is 0 Å². The Morgan fingerprint density at radius 1 is 1.35 bits per heavy atom. The fraction of sp³-hybridized carbons (Fsp3) is 0.154. The van der Waals surface area contributed by atoms with Crippen molar-refractivity contribution in [3.05, 3.63) is 64.1 Å². The molecular weight excluding hydrogens is 283 g/mol. The summed E-state index contributed by atoms with van der Waals surface area (Å²) in [6.07, 6.45) is 3.86. The van der Waals surface area contributed by atoms with Crippen molar-refractivity contribution in [2.75, 3.05) is 0 Å². The summed E-state index contributed by atoms with van der Waals surface area (Å²) in [5.74, 6) is -0.237. The van der Waals surface area contributed by atoms with Crippen LogP contribution in [0.15, 0.2) is 47.2 Å². The first-order chi connectivity index (χ1) is 8.16. The smallest absolute Gasteiger partial charge is 0.127 e. The number of nitrogens with zero attached hydrogens (tertiary/aromatic N) is 1. The maximum Gasteiger partial charge on any atom is 0.127 e. The van der Waals surface area contributed by atoms with Crippen LogP contribution >= 0.6 is 15.9 Å². The SMILES string of the molecule is NC(Cc1ccc(Br)cc1F)c1cccnc1. The van der Waals surface area contributed by atoms with Gasteiger partial charge in [-0.25, -0.2) is 4.39 Å². The molecule has 0 amide bonds. The van der Waals surface area contributed by atoms with Gasteiger partial charge in [-0.15, -0.1) is 0 Å². The second-order valence-corrected chi connectivity index (χ2v) is 4.75. The van der Waals surface area contributed by atoms with Gasteiger partial charge in [-0.3, -0.25) is 4.98 Å². The maximum absolute atomic E-state index is 13.6. The Labute approximate surface area is 108 Å². The molecule has 0 aliphatic heterocycles. The molecule has 17 heavy (non-hydrogen) atoms. The summed E-state index contributed by atoms with van der Waals surface area (Å²) in [5, 5.41) is 0. The topological polar surface area (TPSA) is 38.9 Å².